The van der Waals surface area contributed by atoms with Gasteiger partial charge in [-0.15, -0.1) is 0 Å². The summed E-state index contributed by atoms with van der Waals surface area (Å²) in [5.41, 5.74) is 3.24. The lowest BCUT2D eigenvalue weighted by Gasteiger charge is -2.36. The minimum absolute atomic E-state index is 0.0992. The Balaban J connectivity index is 1.81. The van der Waals surface area contributed by atoms with Crippen LogP contribution < -0.4 is 9.62 Å². The summed E-state index contributed by atoms with van der Waals surface area (Å²) in [5.74, 6) is -0.101. The summed E-state index contributed by atoms with van der Waals surface area (Å²) >= 11 is 0. The van der Waals surface area contributed by atoms with Crippen molar-refractivity contribution >= 4 is 27.3 Å². The molecule has 0 aromatic heterocycles. The lowest BCUT2D eigenvalue weighted by atomic mass is 9.99. The summed E-state index contributed by atoms with van der Waals surface area (Å²) in [7, 11) is -3.67. The minimum Gasteiger partial charge on any atom is -0.326 e. The van der Waals surface area contributed by atoms with Gasteiger partial charge in [0, 0.05) is 11.7 Å². The van der Waals surface area contributed by atoms with Gasteiger partial charge >= 0.3 is 0 Å². The Hall–Kier alpha value is -2.34. The fraction of sp³-hybridized carbons (Fsp3) is 0.278. The first kappa shape index (κ1) is 15.2. The molecule has 1 atom stereocenters. The molecule has 6 heteroatoms. The Morgan fingerprint density at radius 2 is 1.92 bits per heavy atom. The minimum atomic E-state index is -3.67. The van der Waals surface area contributed by atoms with Crippen molar-refractivity contribution in [3.63, 3.8) is 0 Å². The number of rotatable bonds is 2. The maximum absolute atomic E-state index is 13.3. The number of nitrogens with one attached hydrogen (secondary N) is 1. The van der Waals surface area contributed by atoms with Crippen LogP contribution >= 0.6 is 0 Å². The van der Waals surface area contributed by atoms with E-state index in [2.05, 4.69) is 5.32 Å². The smallest absolute Gasteiger partial charge is 0.264 e. The summed E-state index contributed by atoms with van der Waals surface area (Å²) < 4.78 is 28.1. The van der Waals surface area contributed by atoms with Gasteiger partial charge in [0.25, 0.3) is 10.0 Å². The van der Waals surface area contributed by atoms with Gasteiger partial charge in [-0.2, -0.15) is 0 Å². The Morgan fingerprint density at radius 3 is 2.75 bits per heavy atom. The maximum Gasteiger partial charge on any atom is 0.264 e. The zero-order valence-corrected chi connectivity index (χ0v) is 14.1. The van der Waals surface area contributed by atoms with E-state index in [9.17, 15) is 13.2 Å². The number of anilines is 2. The Bertz CT molecular complexity index is 937. The van der Waals surface area contributed by atoms with Crippen molar-refractivity contribution in [2.45, 2.75) is 37.1 Å². The average Bonchev–Trinajstić information content (AvgIpc) is 2.93. The van der Waals surface area contributed by atoms with Gasteiger partial charge < -0.3 is 5.32 Å². The van der Waals surface area contributed by atoms with Crippen LogP contribution in [0.25, 0.3) is 0 Å². The highest BCUT2D eigenvalue weighted by Gasteiger charge is 2.34. The number of carbonyl (C=O) groups is 1. The molecule has 2 aliphatic heterocycles. The van der Waals surface area contributed by atoms with Crippen molar-refractivity contribution in [2.75, 3.05) is 9.62 Å². The van der Waals surface area contributed by atoms with Gasteiger partial charge in [-0.05, 0) is 55.2 Å². The first-order valence-corrected chi connectivity index (χ1v) is 9.46. The molecule has 2 heterocycles. The molecule has 24 heavy (non-hydrogen) atoms. The molecule has 124 valence electrons. The normalized spacial score (nSPS) is 19.6. The van der Waals surface area contributed by atoms with Crippen molar-refractivity contribution in [3.05, 3.63) is 53.6 Å². The number of fused-ring (bicyclic) bond motifs is 2. The second-order valence-electron chi connectivity index (χ2n) is 6.36. The molecule has 2 aromatic carbocycles. The predicted octanol–water partition coefficient (Wildman–Crippen LogP) is 2.71. The van der Waals surface area contributed by atoms with E-state index in [4.69, 9.17) is 0 Å². The predicted molar refractivity (Wildman–Crippen MR) is 92.7 cm³/mol. The fourth-order valence-electron chi connectivity index (χ4n) is 3.50. The standard InChI is InChI=1S/C18H18N2O3S/c1-12-6-7-13-4-2-3-5-17(13)20(12)24(22,23)15-8-9-16-14(10-15)11-18(21)19-16/h2-5,8-10,12H,6-7,11H2,1H3,(H,19,21)/t12-/m1/s1. The molecule has 5 nitrogen and oxygen atoms in total. The zero-order valence-electron chi connectivity index (χ0n) is 13.3. The topological polar surface area (TPSA) is 66.5 Å². The quantitative estimate of drug-likeness (QED) is 0.912. The van der Waals surface area contributed by atoms with E-state index in [-0.39, 0.29) is 23.3 Å². The number of benzene rings is 2. The molecule has 0 spiro atoms. The molecule has 0 fully saturated rings. The number of sulfonamides is 1. The summed E-state index contributed by atoms with van der Waals surface area (Å²) in [5, 5.41) is 2.73. The fourth-order valence-corrected chi connectivity index (χ4v) is 5.28. The van der Waals surface area contributed by atoms with Crippen LogP contribution in [0, 0.1) is 0 Å². The van der Waals surface area contributed by atoms with Gasteiger partial charge in [-0.1, -0.05) is 18.2 Å². The molecular weight excluding hydrogens is 324 g/mol. The number of aryl methyl sites for hydroxylation is 1. The van der Waals surface area contributed by atoms with Crippen LogP contribution in [0.5, 0.6) is 0 Å². The van der Waals surface area contributed by atoms with Crippen LogP contribution in [0.4, 0.5) is 11.4 Å². The van der Waals surface area contributed by atoms with Crippen LogP contribution in [0.3, 0.4) is 0 Å². The van der Waals surface area contributed by atoms with Crippen molar-refractivity contribution in [2.24, 2.45) is 0 Å². The third-order valence-corrected chi connectivity index (χ3v) is 6.64. The number of nitrogens with zero attached hydrogens (tertiary/aromatic N) is 1. The molecule has 1 amide bonds. The highest BCUT2D eigenvalue weighted by molar-refractivity contribution is 7.92. The third-order valence-electron chi connectivity index (χ3n) is 4.72. The molecule has 4 rings (SSSR count). The molecule has 0 aliphatic carbocycles. The molecule has 0 saturated carbocycles. The third kappa shape index (κ3) is 2.29. The van der Waals surface area contributed by atoms with E-state index in [1.165, 1.54) is 4.31 Å². The summed E-state index contributed by atoms with van der Waals surface area (Å²) in [6, 6.07) is 12.4. The van der Waals surface area contributed by atoms with Gasteiger partial charge in [-0.3, -0.25) is 9.10 Å². The lowest BCUT2D eigenvalue weighted by Crippen LogP contribution is -2.42. The van der Waals surface area contributed by atoms with Crippen LogP contribution in [-0.4, -0.2) is 20.4 Å². The Labute approximate surface area is 141 Å². The number of amides is 1. The highest BCUT2D eigenvalue weighted by Crippen LogP contribution is 2.36. The number of carbonyl (C=O) groups excluding carboxylic acids is 1. The first-order chi connectivity index (χ1) is 11.5. The molecule has 2 aromatic rings. The number of hydrogen-bond donors (Lipinski definition) is 1. The van der Waals surface area contributed by atoms with Gasteiger partial charge in [0.1, 0.15) is 0 Å². The number of para-hydroxylation sites is 1. The first-order valence-electron chi connectivity index (χ1n) is 8.02. The SMILES string of the molecule is C[C@@H]1CCc2ccccc2N1S(=O)(=O)c1ccc2c(c1)CC(=O)N2. The second kappa shape index (κ2) is 5.34. The van der Waals surface area contributed by atoms with Gasteiger partial charge in [0.05, 0.1) is 17.0 Å². The molecule has 0 radical (unpaired) electrons. The van der Waals surface area contributed by atoms with E-state index in [0.29, 0.717) is 5.69 Å². The molecule has 0 saturated heterocycles. The molecule has 2 aliphatic rings. The van der Waals surface area contributed by atoms with Crippen LogP contribution in [-0.2, 0) is 27.7 Å². The summed E-state index contributed by atoms with van der Waals surface area (Å²) in [6.45, 7) is 1.94. The van der Waals surface area contributed by atoms with Crippen molar-refractivity contribution < 1.29 is 13.2 Å². The van der Waals surface area contributed by atoms with E-state index < -0.39 is 10.0 Å². The molecule has 1 N–H and O–H groups in total. The molecule has 0 unspecified atom stereocenters. The summed E-state index contributed by atoms with van der Waals surface area (Å²) in [4.78, 5) is 11.7. The second-order valence-corrected chi connectivity index (χ2v) is 8.18. The van der Waals surface area contributed by atoms with Gasteiger partial charge in [0.2, 0.25) is 5.91 Å². The van der Waals surface area contributed by atoms with E-state index in [1.807, 2.05) is 31.2 Å². The van der Waals surface area contributed by atoms with E-state index >= 15 is 0 Å². The van der Waals surface area contributed by atoms with Crippen molar-refractivity contribution in [1.29, 1.82) is 0 Å². The molecule has 0 bridgehead atoms. The lowest BCUT2D eigenvalue weighted by molar-refractivity contribution is -0.115. The zero-order chi connectivity index (χ0) is 16.9. The maximum atomic E-state index is 13.3. The van der Waals surface area contributed by atoms with E-state index in [1.54, 1.807) is 18.2 Å². The average molecular weight is 342 g/mol. The van der Waals surface area contributed by atoms with E-state index in [0.717, 1.165) is 29.7 Å². The van der Waals surface area contributed by atoms with Crippen molar-refractivity contribution in [1.82, 2.24) is 0 Å². The van der Waals surface area contributed by atoms with Crippen molar-refractivity contribution in [3.8, 4) is 0 Å². The monoisotopic (exact) mass is 342 g/mol. The Morgan fingerprint density at radius 1 is 1.12 bits per heavy atom. The van der Waals surface area contributed by atoms with Crippen LogP contribution in [0.15, 0.2) is 47.4 Å². The largest absolute Gasteiger partial charge is 0.326 e. The summed E-state index contributed by atoms with van der Waals surface area (Å²) in [6.07, 6.45) is 1.90. The molecular formula is C18H18N2O3S. The number of hydrogen-bond acceptors (Lipinski definition) is 3. The Kier molecular flexibility index (Phi) is 3.38. The highest BCUT2D eigenvalue weighted by atomic mass is 32.2. The van der Waals surface area contributed by atoms with Gasteiger partial charge in [-0.25, -0.2) is 8.42 Å². The van der Waals surface area contributed by atoms with Gasteiger partial charge in [0.15, 0.2) is 0 Å². The van der Waals surface area contributed by atoms with Crippen LogP contribution in [0.2, 0.25) is 0 Å². The van der Waals surface area contributed by atoms with Crippen LogP contribution in [0.1, 0.15) is 24.5 Å².